The molecule has 0 aliphatic rings. The second kappa shape index (κ2) is 3.14. The van der Waals surface area contributed by atoms with Crippen molar-refractivity contribution in [2.45, 2.75) is 6.92 Å². The first-order valence-corrected chi connectivity index (χ1v) is 2.64. The molecule has 0 atom stereocenters. The third kappa shape index (κ3) is 5.09. The molecule has 0 spiro atoms. The van der Waals surface area contributed by atoms with Gasteiger partial charge in [0.2, 0.25) is 0 Å². The predicted octanol–water partition coefficient (Wildman–Crippen LogP) is -0.473. The summed E-state index contributed by atoms with van der Waals surface area (Å²) in [6, 6.07) is 0. The van der Waals surface area contributed by atoms with Crippen LogP contribution in [0, 0.1) is 0 Å². The molecule has 0 bridgehead atoms. The van der Waals surface area contributed by atoms with Crippen LogP contribution in [0.2, 0.25) is 0 Å². The van der Waals surface area contributed by atoms with Crippen molar-refractivity contribution in [3.8, 4) is 0 Å². The molecule has 46 valence electrons. The van der Waals surface area contributed by atoms with Crippen LogP contribution in [0.25, 0.3) is 0 Å². The third-order valence-electron chi connectivity index (χ3n) is 0.227. The first-order chi connectivity index (χ1) is 3.63. The maximum absolute atomic E-state index is 9.76. The Morgan fingerprint density at radius 1 is 1.62 bits per heavy atom. The molecule has 0 unspecified atom stereocenters. The fraction of sp³-hybridized carbons (Fsp3) is 0.500. The summed E-state index contributed by atoms with van der Waals surface area (Å²) in [5, 5.41) is 0. The van der Waals surface area contributed by atoms with E-state index >= 15 is 0 Å². The first kappa shape index (κ1) is 7.09. The van der Waals surface area contributed by atoms with Crippen LogP contribution in [-0.2, 0) is 20.1 Å². The fourth-order valence-corrected chi connectivity index (χ4v) is 0.249. The van der Waals surface area contributed by atoms with E-state index in [1.54, 1.807) is 0 Å². The van der Waals surface area contributed by atoms with E-state index < -0.39 is 16.5 Å². The molecule has 6 heteroatoms. The van der Waals surface area contributed by atoms with Gasteiger partial charge in [0.1, 0.15) is 0 Å². The lowest BCUT2D eigenvalue weighted by Gasteiger charge is -1.78. The summed E-state index contributed by atoms with van der Waals surface area (Å²) in [7, 11) is -2.65. The van der Waals surface area contributed by atoms with Crippen molar-refractivity contribution in [1.29, 1.82) is 0 Å². The van der Waals surface area contributed by atoms with Crippen LogP contribution in [0.5, 0.6) is 0 Å². The normalized spacial score (nSPS) is 7.62. The number of hydrogen-bond acceptors (Lipinski definition) is 5. The third-order valence-corrected chi connectivity index (χ3v) is 0.423. The quantitative estimate of drug-likeness (QED) is 0.458. The van der Waals surface area contributed by atoms with Crippen molar-refractivity contribution < 1.29 is 18.0 Å². The van der Waals surface area contributed by atoms with E-state index in [0.717, 1.165) is 6.92 Å². The highest BCUT2D eigenvalue weighted by Crippen LogP contribution is 1.73. The van der Waals surface area contributed by atoms with Crippen molar-refractivity contribution in [1.82, 2.24) is 0 Å². The Hall–Kier alpha value is -0.910. The Balaban J connectivity index is 3.81. The van der Waals surface area contributed by atoms with Crippen molar-refractivity contribution in [2.24, 2.45) is 4.53 Å². The van der Waals surface area contributed by atoms with Gasteiger partial charge in [0.15, 0.2) is 0 Å². The number of rotatable bonds is 1. The van der Waals surface area contributed by atoms with Gasteiger partial charge in [0, 0.05) is 6.92 Å². The lowest BCUT2D eigenvalue weighted by molar-refractivity contribution is -0.140. The monoisotopic (exact) mass is 137 g/mol. The summed E-state index contributed by atoms with van der Waals surface area (Å²) in [6.07, 6.45) is 0. The maximum atomic E-state index is 9.76. The van der Waals surface area contributed by atoms with Crippen LogP contribution in [0.4, 0.5) is 0 Å². The van der Waals surface area contributed by atoms with Crippen LogP contribution < -0.4 is 0 Å². The predicted molar refractivity (Wildman–Crippen MR) is 23.1 cm³/mol. The molecule has 0 aromatic heterocycles. The molecule has 0 amide bonds. The standard InChI is InChI=1S/C2H3NO4S/c1-2(4)7-3-8(5)6/h1H3. The molecular formula is C2H3NO4S. The molecule has 5 nitrogen and oxygen atoms in total. The Morgan fingerprint density at radius 3 is 2.25 bits per heavy atom. The van der Waals surface area contributed by atoms with Crippen LogP contribution in [0.15, 0.2) is 4.53 Å². The highest BCUT2D eigenvalue weighted by molar-refractivity contribution is 7.61. The second-order valence-electron chi connectivity index (χ2n) is 0.875. The summed E-state index contributed by atoms with van der Waals surface area (Å²) in [5.74, 6) is -0.755. The molecule has 0 fully saturated rings. The summed E-state index contributed by atoms with van der Waals surface area (Å²) >= 11 is 0. The van der Waals surface area contributed by atoms with E-state index in [4.69, 9.17) is 0 Å². The fourth-order valence-electron chi connectivity index (χ4n) is 0.0829. The smallest absolute Gasteiger partial charge is 0.303 e. The Labute approximate surface area is 46.9 Å². The van der Waals surface area contributed by atoms with Gasteiger partial charge >= 0.3 is 16.5 Å². The summed E-state index contributed by atoms with van der Waals surface area (Å²) < 4.78 is 21.3. The van der Waals surface area contributed by atoms with E-state index in [1.807, 2.05) is 0 Å². The Morgan fingerprint density at radius 2 is 2.12 bits per heavy atom. The zero-order valence-electron chi connectivity index (χ0n) is 3.99. The zero-order chi connectivity index (χ0) is 6.57. The molecule has 0 aromatic carbocycles. The minimum absolute atomic E-state index is 0.755. The number of carbonyl (C=O) groups is 1. The molecule has 0 radical (unpaired) electrons. The van der Waals surface area contributed by atoms with Gasteiger partial charge in [0.25, 0.3) is 0 Å². The minimum atomic E-state index is -2.65. The summed E-state index contributed by atoms with van der Waals surface area (Å²) in [4.78, 5) is 13.4. The van der Waals surface area contributed by atoms with Crippen LogP contribution >= 0.6 is 0 Å². The van der Waals surface area contributed by atoms with Crippen LogP contribution in [-0.4, -0.2) is 14.4 Å². The van der Waals surface area contributed by atoms with Crippen LogP contribution in [0.1, 0.15) is 6.92 Å². The molecule has 0 heterocycles. The van der Waals surface area contributed by atoms with Gasteiger partial charge in [-0.25, -0.2) is 4.79 Å². The molecule has 0 rings (SSSR count). The molecule has 0 aliphatic carbocycles. The second-order valence-corrected chi connectivity index (χ2v) is 1.46. The average Bonchev–Trinajstić information content (AvgIpc) is 1.61. The number of carbonyl (C=O) groups excluding carboxylic acids is 1. The maximum Gasteiger partial charge on any atom is 0.349 e. The lowest BCUT2D eigenvalue weighted by atomic mass is 10.8. The van der Waals surface area contributed by atoms with Gasteiger partial charge in [-0.15, -0.1) is 0 Å². The lowest BCUT2D eigenvalue weighted by Crippen LogP contribution is -1.88. The van der Waals surface area contributed by atoms with Gasteiger partial charge in [-0.1, -0.05) is 0 Å². The van der Waals surface area contributed by atoms with Gasteiger partial charge in [-0.3, -0.25) is 0 Å². The van der Waals surface area contributed by atoms with E-state index in [2.05, 4.69) is 9.36 Å². The minimum Gasteiger partial charge on any atom is -0.303 e. The van der Waals surface area contributed by atoms with Crippen molar-refractivity contribution in [3.05, 3.63) is 0 Å². The van der Waals surface area contributed by atoms with Gasteiger partial charge < -0.3 is 4.84 Å². The molecule has 8 heavy (non-hydrogen) atoms. The summed E-state index contributed by atoms with van der Waals surface area (Å²) in [5.41, 5.74) is 0. The summed E-state index contributed by atoms with van der Waals surface area (Å²) in [6.45, 7) is 1.05. The van der Waals surface area contributed by atoms with E-state index in [-0.39, 0.29) is 0 Å². The largest absolute Gasteiger partial charge is 0.349 e. The highest BCUT2D eigenvalue weighted by atomic mass is 32.2. The van der Waals surface area contributed by atoms with E-state index in [9.17, 15) is 13.2 Å². The Kier molecular flexibility index (Phi) is 2.78. The van der Waals surface area contributed by atoms with Gasteiger partial charge in [0.05, 0.1) is 4.53 Å². The van der Waals surface area contributed by atoms with E-state index in [0.29, 0.717) is 0 Å². The number of hydrogen-bond donors (Lipinski definition) is 0. The molecule has 0 aromatic rings. The van der Waals surface area contributed by atoms with Gasteiger partial charge in [-0.2, -0.15) is 8.42 Å². The molecular weight excluding hydrogens is 134 g/mol. The first-order valence-electron chi connectivity index (χ1n) is 1.61. The van der Waals surface area contributed by atoms with Crippen molar-refractivity contribution in [3.63, 3.8) is 0 Å². The average molecular weight is 137 g/mol. The van der Waals surface area contributed by atoms with Gasteiger partial charge in [-0.05, 0) is 0 Å². The van der Waals surface area contributed by atoms with Crippen LogP contribution in [0.3, 0.4) is 0 Å². The zero-order valence-corrected chi connectivity index (χ0v) is 4.80. The van der Waals surface area contributed by atoms with E-state index in [1.165, 1.54) is 0 Å². The highest BCUT2D eigenvalue weighted by Gasteiger charge is 1.85. The molecule has 0 saturated carbocycles. The molecule has 0 N–H and O–H groups in total. The topological polar surface area (TPSA) is 72.8 Å². The van der Waals surface area contributed by atoms with Crippen molar-refractivity contribution >= 4 is 16.5 Å². The molecule has 0 aliphatic heterocycles. The number of nitrogens with zero attached hydrogens (tertiary/aromatic N) is 1. The molecule has 0 saturated heterocycles. The SMILES string of the molecule is CC(=O)ON=S(=O)=O. The Bertz CT molecular complexity index is 194. The van der Waals surface area contributed by atoms with Crippen molar-refractivity contribution in [2.75, 3.05) is 0 Å².